The number of hydrogen-bond donors (Lipinski definition) is 0. The van der Waals surface area contributed by atoms with Gasteiger partial charge in [-0.2, -0.15) is 0 Å². The van der Waals surface area contributed by atoms with Crippen molar-refractivity contribution in [1.82, 2.24) is 0 Å². The molecular weight excluding hydrogens is 252 g/mol. The molecule has 0 aliphatic carbocycles. The molecule has 0 fully saturated rings. The summed E-state index contributed by atoms with van der Waals surface area (Å²) in [7, 11) is -5.25. The van der Waals surface area contributed by atoms with Crippen LogP contribution in [0.4, 0.5) is 0 Å². The van der Waals surface area contributed by atoms with Gasteiger partial charge in [0.1, 0.15) is 0 Å². The van der Waals surface area contributed by atoms with Crippen LogP contribution in [0.2, 0.25) is 0 Å². The maximum Gasteiger partial charge on any atom is 2.00 e. The van der Waals surface area contributed by atoms with E-state index in [1.807, 2.05) is 0 Å². The van der Waals surface area contributed by atoms with E-state index < -0.39 is 26.1 Å². The zero-order valence-electron chi connectivity index (χ0n) is 5.89. The second-order valence-corrected chi connectivity index (χ2v) is 0.866. The molecular formula is H6KMgO6P3. The van der Waals surface area contributed by atoms with Crippen LogP contribution in [0.15, 0.2) is 0 Å². The molecule has 0 rings (SSSR count). The third-order valence-electron chi connectivity index (χ3n) is 0. The summed E-state index contributed by atoms with van der Waals surface area (Å²) in [4.78, 5) is 25.4. The maximum absolute atomic E-state index is 8.46. The number of hydrogen-bond acceptors (Lipinski definition) is 6. The van der Waals surface area contributed by atoms with Gasteiger partial charge in [0.15, 0.2) is 0 Å². The second kappa shape index (κ2) is 52.1. The molecule has 3 unspecified atom stereocenters. The average Bonchev–Trinajstić information content (AvgIpc) is 1.70. The molecule has 0 aromatic carbocycles. The van der Waals surface area contributed by atoms with Crippen LogP contribution in [0, 0.1) is 0 Å². The first-order valence-corrected chi connectivity index (χ1v) is 4.24. The fraction of sp³-hybridized carbons (Fsp3) is 0. The van der Waals surface area contributed by atoms with Crippen molar-refractivity contribution in [2.24, 2.45) is 0 Å². The molecule has 0 radical (unpaired) electrons. The molecule has 0 aliphatic rings. The summed E-state index contributed by atoms with van der Waals surface area (Å²) in [5.74, 6) is 0. The van der Waals surface area contributed by atoms with Gasteiger partial charge in [-0.05, 0) is 26.1 Å². The van der Waals surface area contributed by atoms with Crippen LogP contribution in [0.25, 0.3) is 0 Å². The average molecular weight is 258 g/mol. The van der Waals surface area contributed by atoms with Crippen molar-refractivity contribution in [3.05, 3.63) is 0 Å². The van der Waals surface area contributed by atoms with Gasteiger partial charge in [0.05, 0.1) is 0 Å². The molecule has 0 spiro atoms. The van der Waals surface area contributed by atoms with Crippen molar-refractivity contribution in [2.45, 2.75) is 0 Å². The van der Waals surface area contributed by atoms with E-state index in [2.05, 4.69) is 0 Å². The van der Waals surface area contributed by atoms with Crippen LogP contribution in [0.1, 0.15) is 0 Å². The minimum atomic E-state index is -1.75. The molecule has 0 N–H and O–H groups in total. The Morgan fingerprint density at radius 1 is 0.727 bits per heavy atom. The van der Waals surface area contributed by atoms with Crippen LogP contribution >= 0.6 is 26.1 Å². The predicted molar refractivity (Wildman–Crippen MR) is 36.9 cm³/mol. The smallest absolute Gasteiger partial charge is 0.804 e. The SMILES string of the molecule is O=[PH2][O-].O=[PH2][O-].O=[PH2][O-].[K+].[Mg+2]. The predicted octanol–water partition coefficient (Wildman–Crippen LogP) is -6.32. The van der Waals surface area contributed by atoms with Gasteiger partial charge in [0, 0.05) is 0 Å². The van der Waals surface area contributed by atoms with Crippen LogP contribution in [-0.2, 0) is 13.7 Å². The fourth-order valence-electron chi connectivity index (χ4n) is 0. The zero-order valence-corrected chi connectivity index (χ0v) is 13.9. The first-order chi connectivity index (χ1) is 4.24. The zero-order chi connectivity index (χ0) is 8.12. The first kappa shape index (κ1) is 29.2. The summed E-state index contributed by atoms with van der Waals surface area (Å²) in [5.41, 5.74) is 0. The second-order valence-electron chi connectivity index (χ2n) is 0.289. The molecule has 0 heterocycles. The van der Waals surface area contributed by atoms with Crippen molar-refractivity contribution in [2.75, 3.05) is 0 Å². The monoisotopic (exact) mass is 258 g/mol. The van der Waals surface area contributed by atoms with Gasteiger partial charge in [-0.25, -0.2) is 0 Å². The molecule has 60 valence electrons. The van der Waals surface area contributed by atoms with Gasteiger partial charge in [-0.1, -0.05) is 0 Å². The van der Waals surface area contributed by atoms with Crippen molar-refractivity contribution >= 4 is 49.1 Å². The standard InChI is InChI=1S/K.Mg.3H3O2P/c;;3*1-3-2/h;;3*3H2,(H,1,2)/q+1;+2;;;/p-3. The Hall–Kier alpha value is 2.97. The Morgan fingerprint density at radius 3 is 0.727 bits per heavy atom. The third kappa shape index (κ3) is 177. The molecule has 6 nitrogen and oxygen atoms in total. The van der Waals surface area contributed by atoms with Gasteiger partial charge in [-0.3, -0.25) is 0 Å². The fourth-order valence-corrected chi connectivity index (χ4v) is 0. The summed E-state index contributed by atoms with van der Waals surface area (Å²) in [6, 6.07) is 0. The van der Waals surface area contributed by atoms with Crippen molar-refractivity contribution in [1.29, 1.82) is 0 Å². The van der Waals surface area contributed by atoms with Gasteiger partial charge in [0.2, 0.25) is 0 Å². The molecule has 0 amide bonds. The van der Waals surface area contributed by atoms with Crippen molar-refractivity contribution in [3.8, 4) is 0 Å². The van der Waals surface area contributed by atoms with E-state index in [0.29, 0.717) is 0 Å². The minimum absolute atomic E-state index is 0. The third-order valence-corrected chi connectivity index (χ3v) is 0. The van der Waals surface area contributed by atoms with E-state index >= 15 is 0 Å². The molecule has 0 aliphatic heterocycles. The summed E-state index contributed by atoms with van der Waals surface area (Å²) in [6.07, 6.45) is 0. The van der Waals surface area contributed by atoms with Gasteiger partial charge >= 0.3 is 74.4 Å². The van der Waals surface area contributed by atoms with Crippen LogP contribution in [0.3, 0.4) is 0 Å². The normalized spacial score (nSPS) is 7.91. The van der Waals surface area contributed by atoms with Crippen LogP contribution in [-0.4, -0.2) is 23.1 Å². The van der Waals surface area contributed by atoms with E-state index in [4.69, 9.17) is 28.4 Å². The largest absolute Gasteiger partial charge is 2.00 e. The molecule has 11 heteroatoms. The Bertz CT molecular complexity index is 54.6. The Kier molecular flexibility index (Phi) is 138. The summed E-state index contributed by atoms with van der Waals surface area (Å²) < 4.78 is 25.4. The Labute approximate surface area is 127 Å². The minimum Gasteiger partial charge on any atom is -0.804 e. The summed E-state index contributed by atoms with van der Waals surface area (Å²) in [5, 5.41) is 0. The quantitative estimate of drug-likeness (QED) is 0.315. The van der Waals surface area contributed by atoms with Crippen molar-refractivity contribution in [3.63, 3.8) is 0 Å². The van der Waals surface area contributed by atoms with Gasteiger partial charge < -0.3 is 28.4 Å². The van der Waals surface area contributed by atoms with Gasteiger partial charge in [0.25, 0.3) is 0 Å². The molecule has 0 saturated heterocycles. The molecule has 0 aromatic heterocycles. The number of rotatable bonds is 0. The Balaban J connectivity index is -0.0000000150. The van der Waals surface area contributed by atoms with Crippen molar-refractivity contribution < 1.29 is 79.8 Å². The molecule has 3 atom stereocenters. The maximum atomic E-state index is 8.46. The molecule has 0 saturated carbocycles. The first-order valence-electron chi connectivity index (χ1n) is 1.41. The molecule has 0 aromatic rings. The van der Waals surface area contributed by atoms with E-state index in [0.717, 1.165) is 0 Å². The molecule has 0 bridgehead atoms. The topological polar surface area (TPSA) is 120 Å². The van der Waals surface area contributed by atoms with E-state index in [1.54, 1.807) is 0 Å². The summed E-state index contributed by atoms with van der Waals surface area (Å²) >= 11 is 0. The van der Waals surface area contributed by atoms with E-state index in [1.165, 1.54) is 0 Å². The molecule has 11 heavy (non-hydrogen) atoms. The van der Waals surface area contributed by atoms with Crippen LogP contribution in [0.5, 0.6) is 0 Å². The summed E-state index contributed by atoms with van der Waals surface area (Å²) in [6.45, 7) is 0. The van der Waals surface area contributed by atoms with E-state index in [9.17, 15) is 0 Å². The Morgan fingerprint density at radius 2 is 0.727 bits per heavy atom. The van der Waals surface area contributed by atoms with Gasteiger partial charge in [-0.15, -0.1) is 0 Å². The van der Waals surface area contributed by atoms with E-state index in [-0.39, 0.29) is 74.4 Å². The van der Waals surface area contributed by atoms with Crippen LogP contribution < -0.4 is 66.1 Å².